The number of hydrogen-bond donors (Lipinski definition) is 3. The molecule has 0 aliphatic heterocycles. The minimum absolute atomic E-state index is 0.315. The molecule has 3 nitrogen and oxygen atoms in total. The largest absolute Gasteiger partial charge is 0.390 e. The number of nitrogens with two attached hydrogens (primary N) is 1. The summed E-state index contributed by atoms with van der Waals surface area (Å²) in [5.41, 5.74) is 6.62. The number of thioether (sulfide) groups is 1. The summed E-state index contributed by atoms with van der Waals surface area (Å²) in [5.74, 6) is 0. The van der Waals surface area contributed by atoms with Gasteiger partial charge in [-0.05, 0) is 36.9 Å². The Morgan fingerprint density at radius 2 is 2.06 bits per heavy atom. The van der Waals surface area contributed by atoms with Gasteiger partial charge in [-0.1, -0.05) is 12.1 Å². The molecule has 0 amide bonds. The van der Waals surface area contributed by atoms with Gasteiger partial charge >= 0.3 is 0 Å². The molecule has 16 heavy (non-hydrogen) atoms. The van der Waals surface area contributed by atoms with Crippen LogP contribution in [0.2, 0.25) is 0 Å². The van der Waals surface area contributed by atoms with Gasteiger partial charge in [0, 0.05) is 18.0 Å². The Balaban J connectivity index is 2.21. The number of rotatable bonds is 7. The zero-order chi connectivity index (χ0) is 11.8. The van der Waals surface area contributed by atoms with Gasteiger partial charge in [0.05, 0.1) is 6.10 Å². The van der Waals surface area contributed by atoms with Gasteiger partial charge in [-0.15, -0.1) is 11.8 Å². The van der Waals surface area contributed by atoms with E-state index >= 15 is 0 Å². The predicted molar refractivity (Wildman–Crippen MR) is 69.9 cm³/mol. The molecule has 0 saturated heterocycles. The molecule has 0 aromatic heterocycles. The third kappa shape index (κ3) is 4.99. The molecular formula is C12H20N2OS. The quantitative estimate of drug-likeness (QED) is 0.489. The SMILES string of the molecule is CSc1ccc(CCNCC(O)CN)cc1. The van der Waals surface area contributed by atoms with Crippen LogP contribution in [0.4, 0.5) is 0 Å². The molecule has 0 fully saturated rings. The molecule has 1 aromatic rings. The van der Waals surface area contributed by atoms with E-state index < -0.39 is 6.10 Å². The zero-order valence-corrected chi connectivity index (χ0v) is 10.5. The van der Waals surface area contributed by atoms with Gasteiger partial charge in [0.2, 0.25) is 0 Å². The summed E-state index contributed by atoms with van der Waals surface area (Å²) >= 11 is 1.75. The van der Waals surface area contributed by atoms with Crippen LogP contribution in [0.5, 0.6) is 0 Å². The fourth-order valence-electron chi connectivity index (χ4n) is 1.38. The second-order valence-electron chi connectivity index (χ2n) is 3.69. The third-order valence-corrected chi connectivity index (χ3v) is 3.15. The Morgan fingerprint density at radius 3 is 2.62 bits per heavy atom. The van der Waals surface area contributed by atoms with Crippen LogP contribution in [0.1, 0.15) is 5.56 Å². The lowest BCUT2D eigenvalue weighted by atomic mass is 10.1. The van der Waals surface area contributed by atoms with E-state index in [9.17, 15) is 5.11 Å². The van der Waals surface area contributed by atoms with E-state index in [0.717, 1.165) is 13.0 Å². The van der Waals surface area contributed by atoms with Gasteiger partial charge in [-0.3, -0.25) is 0 Å². The highest BCUT2D eigenvalue weighted by Crippen LogP contribution is 2.14. The highest BCUT2D eigenvalue weighted by atomic mass is 32.2. The lowest BCUT2D eigenvalue weighted by molar-refractivity contribution is 0.180. The van der Waals surface area contributed by atoms with Crippen molar-refractivity contribution in [3.05, 3.63) is 29.8 Å². The summed E-state index contributed by atoms with van der Waals surface area (Å²) in [6, 6.07) is 8.56. The van der Waals surface area contributed by atoms with Crippen molar-refractivity contribution < 1.29 is 5.11 Å². The molecular weight excluding hydrogens is 220 g/mol. The van der Waals surface area contributed by atoms with Crippen LogP contribution < -0.4 is 11.1 Å². The molecule has 0 saturated carbocycles. The number of hydrogen-bond acceptors (Lipinski definition) is 4. The van der Waals surface area contributed by atoms with E-state index in [1.807, 2.05) is 0 Å². The summed E-state index contributed by atoms with van der Waals surface area (Å²) in [6.45, 7) is 1.75. The standard InChI is InChI=1S/C12H20N2OS/c1-16-12-4-2-10(3-5-12)6-7-14-9-11(15)8-13/h2-5,11,14-15H,6-9,13H2,1H3. The average molecular weight is 240 g/mol. The lowest BCUT2D eigenvalue weighted by Gasteiger charge is -2.09. The summed E-state index contributed by atoms with van der Waals surface area (Å²) in [7, 11) is 0. The number of aliphatic hydroxyl groups excluding tert-OH is 1. The van der Waals surface area contributed by atoms with Crippen molar-refractivity contribution in [3.63, 3.8) is 0 Å². The number of nitrogens with one attached hydrogen (secondary N) is 1. The van der Waals surface area contributed by atoms with Gasteiger partial charge in [-0.2, -0.15) is 0 Å². The Bertz CT molecular complexity index is 290. The van der Waals surface area contributed by atoms with Gasteiger partial charge in [-0.25, -0.2) is 0 Å². The molecule has 0 bridgehead atoms. The van der Waals surface area contributed by atoms with Crippen molar-refractivity contribution >= 4 is 11.8 Å². The van der Waals surface area contributed by atoms with E-state index in [-0.39, 0.29) is 0 Å². The molecule has 1 aromatic carbocycles. The topological polar surface area (TPSA) is 58.3 Å². The highest BCUT2D eigenvalue weighted by Gasteiger charge is 1.99. The van der Waals surface area contributed by atoms with Crippen LogP contribution in [0.3, 0.4) is 0 Å². The molecule has 1 rings (SSSR count). The van der Waals surface area contributed by atoms with E-state index in [2.05, 4.69) is 35.8 Å². The van der Waals surface area contributed by atoms with E-state index in [1.54, 1.807) is 11.8 Å². The maximum absolute atomic E-state index is 9.23. The van der Waals surface area contributed by atoms with Gasteiger partial charge in [0.15, 0.2) is 0 Å². The molecule has 0 heterocycles. The Labute approximate surface area is 101 Å². The van der Waals surface area contributed by atoms with Crippen LogP contribution in [0.25, 0.3) is 0 Å². The number of benzene rings is 1. The summed E-state index contributed by atoms with van der Waals surface area (Å²) in [6.07, 6.45) is 2.62. The molecule has 4 N–H and O–H groups in total. The molecule has 0 radical (unpaired) electrons. The van der Waals surface area contributed by atoms with Crippen LogP contribution in [0, 0.1) is 0 Å². The van der Waals surface area contributed by atoms with Crippen molar-refractivity contribution in [1.29, 1.82) is 0 Å². The maximum Gasteiger partial charge on any atom is 0.0786 e. The molecule has 1 unspecified atom stereocenters. The molecule has 0 aliphatic rings. The van der Waals surface area contributed by atoms with Crippen molar-refractivity contribution in [2.45, 2.75) is 17.4 Å². The van der Waals surface area contributed by atoms with Crippen molar-refractivity contribution in [3.8, 4) is 0 Å². The first-order valence-electron chi connectivity index (χ1n) is 5.48. The Morgan fingerprint density at radius 1 is 1.38 bits per heavy atom. The summed E-state index contributed by atoms with van der Waals surface area (Å²) in [5, 5.41) is 12.4. The first-order chi connectivity index (χ1) is 7.76. The smallest absolute Gasteiger partial charge is 0.0786 e. The fraction of sp³-hybridized carbons (Fsp3) is 0.500. The first-order valence-corrected chi connectivity index (χ1v) is 6.70. The van der Waals surface area contributed by atoms with E-state index in [4.69, 9.17) is 5.73 Å². The first kappa shape index (κ1) is 13.5. The van der Waals surface area contributed by atoms with Crippen LogP contribution in [0.15, 0.2) is 29.2 Å². The van der Waals surface area contributed by atoms with E-state index in [0.29, 0.717) is 13.1 Å². The normalized spacial score (nSPS) is 12.7. The highest BCUT2D eigenvalue weighted by molar-refractivity contribution is 7.98. The van der Waals surface area contributed by atoms with Crippen LogP contribution in [-0.2, 0) is 6.42 Å². The van der Waals surface area contributed by atoms with Crippen LogP contribution in [-0.4, -0.2) is 37.1 Å². The monoisotopic (exact) mass is 240 g/mol. The number of aliphatic hydroxyl groups is 1. The van der Waals surface area contributed by atoms with Crippen LogP contribution >= 0.6 is 11.8 Å². The second-order valence-corrected chi connectivity index (χ2v) is 4.57. The predicted octanol–water partition coefficient (Wildman–Crippen LogP) is 0.860. The average Bonchev–Trinajstić information content (AvgIpc) is 2.35. The molecule has 90 valence electrons. The second kappa shape index (κ2) is 7.68. The van der Waals surface area contributed by atoms with Crippen molar-refractivity contribution in [2.24, 2.45) is 5.73 Å². The molecule has 4 heteroatoms. The molecule has 1 atom stereocenters. The Kier molecular flexibility index (Phi) is 6.49. The minimum atomic E-state index is -0.432. The van der Waals surface area contributed by atoms with Crippen molar-refractivity contribution in [1.82, 2.24) is 5.32 Å². The van der Waals surface area contributed by atoms with E-state index in [1.165, 1.54) is 10.5 Å². The van der Waals surface area contributed by atoms with Crippen molar-refractivity contribution in [2.75, 3.05) is 25.9 Å². The zero-order valence-electron chi connectivity index (χ0n) is 9.65. The minimum Gasteiger partial charge on any atom is -0.390 e. The van der Waals surface area contributed by atoms with Gasteiger partial charge in [0.1, 0.15) is 0 Å². The Hall–Kier alpha value is -0.550. The fourth-order valence-corrected chi connectivity index (χ4v) is 1.79. The lowest BCUT2D eigenvalue weighted by Crippen LogP contribution is -2.33. The third-order valence-electron chi connectivity index (χ3n) is 2.40. The summed E-state index contributed by atoms with van der Waals surface area (Å²) in [4.78, 5) is 1.29. The summed E-state index contributed by atoms with van der Waals surface area (Å²) < 4.78 is 0. The maximum atomic E-state index is 9.23. The molecule has 0 aliphatic carbocycles. The van der Waals surface area contributed by atoms with Gasteiger partial charge < -0.3 is 16.2 Å². The molecule has 0 spiro atoms. The van der Waals surface area contributed by atoms with Gasteiger partial charge in [0.25, 0.3) is 0 Å².